The van der Waals surface area contributed by atoms with Gasteiger partial charge in [0, 0.05) is 0 Å². The first kappa shape index (κ1) is 10.9. The van der Waals surface area contributed by atoms with Gasteiger partial charge in [0.1, 0.15) is 0 Å². The molecule has 17 heavy (non-hydrogen) atoms. The molecule has 0 aliphatic heterocycles. The predicted octanol–water partition coefficient (Wildman–Crippen LogP) is 4.60. The summed E-state index contributed by atoms with van der Waals surface area (Å²) in [6.45, 7) is 10.2. The quantitative estimate of drug-likeness (QED) is 0.580. The first-order chi connectivity index (χ1) is 8.07. The largest absolute Gasteiger partial charge is 0.0649 e. The Morgan fingerprint density at radius 1 is 1.00 bits per heavy atom. The molecule has 9 unspecified atom stereocenters. The zero-order chi connectivity index (χ0) is 11.9. The fourth-order valence-corrected chi connectivity index (χ4v) is 7.11. The lowest BCUT2D eigenvalue weighted by Gasteiger charge is -2.47. The van der Waals surface area contributed by atoms with Gasteiger partial charge in [-0.25, -0.2) is 0 Å². The van der Waals surface area contributed by atoms with Crippen LogP contribution in [0.25, 0.3) is 0 Å². The third-order valence-corrected chi connectivity index (χ3v) is 8.15. The van der Waals surface area contributed by atoms with Crippen LogP contribution in [0.5, 0.6) is 0 Å². The molecule has 0 aromatic carbocycles. The second kappa shape index (κ2) is 3.11. The van der Waals surface area contributed by atoms with E-state index in [-0.39, 0.29) is 0 Å². The van der Waals surface area contributed by atoms with Gasteiger partial charge >= 0.3 is 0 Å². The summed E-state index contributed by atoms with van der Waals surface area (Å²) in [6.07, 6.45) is 6.20. The van der Waals surface area contributed by atoms with Crippen LogP contribution in [0.3, 0.4) is 0 Å². The second-order valence-electron chi connectivity index (χ2n) is 8.25. The van der Waals surface area contributed by atoms with Crippen LogP contribution < -0.4 is 0 Å². The molecule has 0 N–H and O–H groups in total. The van der Waals surface area contributed by atoms with Crippen molar-refractivity contribution in [1.29, 1.82) is 0 Å². The van der Waals surface area contributed by atoms with E-state index in [1.54, 1.807) is 19.3 Å². The molecule has 0 heterocycles. The van der Waals surface area contributed by atoms with E-state index in [0.29, 0.717) is 0 Å². The van der Waals surface area contributed by atoms with E-state index in [4.69, 9.17) is 0 Å². The lowest BCUT2D eigenvalue weighted by molar-refractivity contribution is 0.00571. The fourth-order valence-electron chi connectivity index (χ4n) is 7.11. The average Bonchev–Trinajstić information content (AvgIpc) is 2.98. The van der Waals surface area contributed by atoms with E-state index in [9.17, 15) is 0 Å². The second-order valence-corrected chi connectivity index (χ2v) is 8.25. The van der Waals surface area contributed by atoms with E-state index in [1.807, 2.05) is 0 Å². The first-order valence-electron chi connectivity index (χ1n) is 8.07. The van der Waals surface area contributed by atoms with Crippen LogP contribution in [-0.4, -0.2) is 0 Å². The molecule has 0 nitrogen and oxygen atoms in total. The third-order valence-electron chi connectivity index (χ3n) is 8.15. The molecule has 96 valence electrons. The maximum Gasteiger partial charge on any atom is -0.0294 e. The summed E-state index contributed by atoms with van der Waals surface area (Å²) in [6, 6.07) is 0. The van der Waals surface area contributed by atoms with E-state index < -0.39 is 0 Å². The molecular weight excluding hydrogens is 204 g/mol. The maximum atomic E-state index is 2.61. The molecule has 0 saturated heterocycles. The summed E-state index contributed by atoms with van der Waals surface area (Å²) in [4.78, 5) is 0. The number of fused-ring (bicyclic) bond motifs is 9. The Kier molecular flexibility index (Phi) is 1.99. The Bertz CT molecular complexity index is 346. The van der Waals surface area contributed by atoms with Gasteiger partial charge in [-0.2, -0.15) is 0 Å². The summed E-state index contributed by atoms with van der Waals surface area (Å²) in [7, 11) is 0. The van der Waals surface area contributed by atoms with Crippen LogP contribution in [0.2, 0.25) is 0 Å². The highest BCUT2D eigenvalue weighted by Gasteiger charge is 2.67. The zero-order valence-corrected chi connectivity index (χ0v) is 11.9. The summed E-state index contributed by atoms with van der Waals surface area (Å²) >= 11 is 0. The van der Waals surface area contributed by atoms with Crippen LogP contribution in [0, 0.1) is 52.8 Å². The van der Waals surface area contributed by atoms with E-state index in [2.05, 4.69) is 27.7 Å². The van der Waals surface area contributed by atoms with E-state index in [0.717, 1.165) is 52.8 Å². The minimum atomic E-state index is 0.721. The topological polar surface area (TPSA) is 0 Å². The molecule has 9 atom stereocenters. The number of rotatable bonds is 1. The van der Waals surface area contributed by atoms with Crippen molar-refractivity contribution < 1.29 is 0 Å². The van der Waals surface area contributed by atoms with Crippen molar-refractivity contribution >= 4 is 0 Å². The molecule has 0 spiro atoms. The van der Waals surface area contributed by atoms with Crippen LogP contribution in [0.4, 0.5) is 0 Å². The molecule has 0 radical (unpaired) electrons. The summed E-state index contributed by atoms with van der Waals surface area (Å²) in [5, 5.41) is 0. The molecule has 4 fully saturated rings. The third kappa shape index (κ3) is 1.08. The maximum absolute atomic E-state index is 2.61. The minimum absolute atomic E-state index is 0.721. The van der Waals surface area contributed by atoms with Crippen molar-refractivity contribution in [2.24, 2.45) is 52.8 Å². The molecule has 0 aromatic heterocycles. The van der Waals surface area contributed by atoms with Gasteiger partial charge in [0.15, 0.2) is 0 Å². The van der Waals surface area contributed by atoms with Gasteiger partial charge in [0.05, 0.1) is 0 Å². The van der Waals surface area contributed by atoms with Gasteiger partial charge in [-0.1, -0.05) is 34.1 Å². The lowest BCUT2D eigenvalue weighted by Crippen LogP contribution is -2.42. The van der Waals surface area contributed by atoms with Crippen molar-refractivity contribution in [2.45, 2.75) is 53.4 Å². The van der Waals surface area contributed by atoms with Crippen molar-refractivity contribution in [2.75, 3.05) is 0 Å². The molecule has 4 rings (SSSR count). The molecular formula is C17H28. The molecule has 4 saturated carbocycles. The number of hydrogen-bond acceptors (Lipinski definition) is 0. The van der Waals surface area contributed by atoms with Gasteiger partial charge < -0.3 is 0 Å². The first-order valence-corrected chi connectivity index (χ1v) is 8.07. The Balaban J connectivity index is 1.70. The summed E-state index contributed by atoms with van der Waals surface area (Å²) < 4.78 is 0. The van der Waals surface area contributed by atoms with Gasteiger partial charge in [-0.15, -0.1) is 0 Å². The lowest BCUT2D eigenvalue weighted by atomic mass is 9.57. The molecule has 4 aliphatic carbocycles. The molecule has 0 amide bonds. The van der Waals surface area contributed by atoms with Gasteiger partial charge in [0.25, 0.3) is 0 Å². The zero-order valence-electron chi connectivity index (χ0n) is 11.9. The Labute approximate surface area is 107 Å². The highest BCUT2D eigenvalue weighted by molar-refractivity contribution is 5.16. The Morgan fingerprint density at radius 3 is 2.29 bits per heavy atom. The van der Waals surface area contributed by atoms with Gasteiger partial charge in [-0.05, 0) is 72.0 Å². The normalized spacial score (nSPS) is 67.8. The van der Waals surface area contributed by atoms with Gasteiger partial charge in [0.2, 0.25) is 0 Å². The van der Waals surface area contributed by atoms with Crippen LogP contribution in [-0.2, 0) is 0 Å². The van der Waals surface area contributed by atoms with Crippen molar-refractivity contribution in [1.82, 2.24) is 0 Å². The molecule has 4 aliphatic rings. The Morgan fingerprint density at radius 2 is 1.65 bits per heavy atom. The predicted molar refractivity (Wildman–Crippen MR) is 71.5 cm³/mol. The smallest absolute Gasteiger partial charge is 0.0294 e. The van der Waals surface area contributed by atoms with Gasteiger partial charge in [-0.3, -0.25) is 0 Å². The summed E-state index contributed by atoms with van der Waals surface area (Å²) in [5.41, 5.74) is 0.721. The fraction of sp³-hybridized carbons (Fsp3) is 1.00. The standard InChI is InChI=1S/C17H28/c1-5-17(4)8-11-6-14(17)16-13-7-12(15(11)16)9(2)10(13)3/h9-16H,5-8H2,1-4H3. The molecule has 0 aromatic rings. The highest BCUT2D eigenvalue weighted by atomic mass is 14.7. The van der Waals surface area contributed by atoms with Crippen molar-refractivity contribution in [3.8, 4) is 0 Å². The van der Waals surface area contributed by atoms with E-state index >= 15 is 0 Å². The van der Waals surface area contributed by atoms with Crippen molar-refractivity contribution in [3.05, 3.63) is 0 Å². The van der Waals surface area contributed by atoms with Crippen molar-refractivity contribution in [3.63, 3.8) is 0 Å². The van der Waals surface area contributed by atoms with E-state index in [1.165, 1.54) is 6.42 Å². The molecule has 0 heteroatoms. The SMILES string of the molecule is CCC1(C)CC2CC1C1C3CC(C(C)C3C)C21. The van der Waals surface area contributed by atoms with Crippen LogP contribution in [0.1, 0.15) is 53.4 Å². The average molecular weight is 232 g/mol. The monoisotopic (exact) mass is 232 g/mol. The highest BCUT2D eigenvalue weighted by Crippen LogP contribution is 2.74. The minimum Gasteiger partial charge on any atom is -0.0649 e. The Hall–Kier alpha value is 0. The summed E-state index contributed by atoms with van der Waals surface area (Å²) in [5.74, 6) is 8.84. The van der Waals surface area contributed by atoms with Crippen LogP contribution >= 0.6 is 0 Å². The molecule has 4 bridgehead atoms. The number of hydrogen-bond donors (Lipinski definition) is 0. The van der Waals surface area contributed by atoms with Crippen LogP contribution in [0.15, 0.2) is 0 Å².